The van der Waals surface area contributed by atoms with Crippen molar-refractivity contribution in [1.82, 2.24) is 9.21 Å². The van der Waals surface area contributed by atoms with Gasteiger partial charge in [-0.15, -0.1) is 0 Å². The second-order valence-corrected chi connectivity index (χ2v) is 12.4. The van der Waals surface area contributed by atoms with E-state index in [0.717, 1.165) is 24.2 Å². The minimum absolute atomic E-state index is 0.0363. The van der Waals surface area contributed by atoms with Crippen molar-refractivity contribution in [2.24, 2.45) is 11.3 Å². The van der Waals surface area contributed by atoms with Gasteiger partial charge in [0.2, 0.25) is 15.9 Å². The first kappa shape index (κ1) is 31.2. The fraction of sp³-hybridized carbons (Fsp3) is 0.481. The quantitative estimate of drug-likeness (QED) is 0.570. The molecule has 40 heavy (non-hydrogen) atoms. The third-order valence-corrected chi connectivity index (χ3v) is 8.94. The molecule has 1 spiro atoms. The molecule has 0 radical (unpaired) electrons. The number of fused-ring (bicyclic) bond motifs is 1. The van der Waals surface area contributed by atoms with Gasteiger partial charge in [-0.25, -0.2) is 17.5 Å². The molecular weight excluding hydrogens is 551 g/mol. The number of hydrogen-bond acceptors (Lipinski definition) is 6. The fourth-order valence-corrected chi connectivity index (χ4v) is 6.13. The highest BCUT2D eigenvalue weighted by atomic mass is 32.2. The lowest BCUT2D eigenvalue weighted by atomic mass is 9.78. The van der Waals surface area contributed by atoms with Crippen LogP contribution in [0.15, 0.2) is 53.4 Å². The van der Waals surface area contributed by atoms with Gasteiger partial charge in [-0.1, -0.05) is 32.0 Å². The zero-order valence-electron chi connectivity index (χ0n) is 22.8. The number of para-hydroxylation sites is 1. The van der Waals surface area contributed by atoms with E-state index >= 15 is 0 Å². The Labute approximate surface area is 232 Å². The van der Waals surface area contributed by atoms with E-state index in [1.165, 1.54) is 4.31 Å². The molecule has 4 rings (SSSR count). The lowest BCUT2D eigenvalue weighted by Gasteiger charge is -2.44. The van der Waals surface area contributed by atoms with Crippen LogP contribution in [0.2, 0.25) is 0 Å². The zero-order valence-corrected chi connectivity index (χ0v) is 23.6. The number of carboxylic acids is 1. The van der Waals surface area contributed by atoms with Crippen LogP contribution >= 0.6 is 0 Å². The Balaban J connectivity index is 0.000000559. The number of hydrogen-bond donors (Lipinski definition) is 1. The Hall–Kier alpha value is -3.32. The number of sulfonamides is 1. The number of carbonyl (C=O) groups is 2. The topological polar surface area (TPSA) is 107 Å². The average molecular weight is 586 g/mol. The van der Waals surface area contributed by atoms with Crippen LogP contribution in [0.25, 0.3) is 0 Å². The van der Waals surface area contributed by atoms with E-state index in [4.69, 9.17) is 14.6 Å². The lowest BCUT2D eigenvalue weighted by Crippen LogP contribution is -2.52. The molecule has 13 heteroatoms. The number of anilines is 2. The van der Waals surface area contributed by atoms with E-state index in [0.29, 0.717) is 32.0 Å². The molecule has 2 aromatic carbocycles. The smallest absolute Gasteiger partial charge is 0.490 e. The predicted molar refractivity (Wildman–Crippen MR) is 143 cm³/mol. The van der Waals surface area contributed by atoms with Crippen molar-refractivity contribution in [3.8, 4) is 5.75 Å². The summed E-state index contributed by atoms with van der Waals surface area (Å²) in [6.07, 6.45) is -3.65. The van der Waals surface area contributed by atoms with Crippen molar-refractivity contribution in [3.63, 3.8) is 0 Å². The van der Waals surface area contributed by atoms with Gasteiger partial charge >= 0.3 is 12.1 Å². The highest BCUT2D eigenvalue weighted by molar-refractivity contribution is 7.89. The summed E-state index contributed by atoms with van der Waals surface area (Å²) in [7, 11) is -0.177. The number of benzene rings is 2. The molecule has 0 aromatic heterocycles. The van der Waals surface area contributed by atoms with E-state index in [1.807, 2.05) is 67.1 Å². The first-order valence-corrected chi connectivity index (χ1v) is 14.1. The average Bonchev–Trinajstić information content (AvgIpc) is 2.91. The minimum atomic E-state index is -5.08. The molecule has 220 valence electrons. The van der Waals surface area contributed by atoms with Crippen molar-refractivity contribution < 1.29 is 41.0 Å². The van der Waals surface area contributed by atoms with Gasteiger partial charge in [-0.05, 0) is 43.2 Å². The predicted octanol–water partition coefficient (Wildman–Crippen LogP) is 4.37. The van der Waals surface area contributed by atoms with Crippen LogP contribution in [0.3, 0.4) is 0 Å². The summed E-state index contributed by atoms with van der Waals surface area (Å²) in [6, 6.07) is 15.1. The van der Waals surface area contributed by atoms with Crippen LogP contribution in [0.4, 0.5) is 24.5 Å². The molecule has 0 aliphatic carbocycles. The third-order valence-electron chi connectivity index (χ3n) is 7.11. The van der Waals surface area contributed by atoms with Crippen LogP contribution in [-0.2, 0) is 19.6 Å². The molecule has 9 nitrogen and oxygen atoms in total. The second-order valence-electron chi connectivity index (χ2n) is 10.4. The zero-order chi connectivity index (χ0) is 29.9. The maximum Gasteiger partial charge on any atom is 0.490 e. The van der Waals surface area contributed by atoms with Crippen molar-refractivity contribution >= 4 is 33.3 Å². The van der Waals surface area contributed by atoms with Crippen molar-refractivity contribution in [2.75, 3.05) is 45.2 Å². The Bertz CT molecular complexity index is 1310. The molecule has 1 fully saturated rings. The Kier molecular flexibility index (Phi) is 9.40. The largest absolute Gasteiger partial charge is 0.492 e. The fourth-order valence-electron chi connectivity index (χ4n) is 4.70. The number of nitrogens with zero attached hydrogens (tertiary/aromatic N) is 3. The summed E-state index contributed by atoms with van der Waals surface area (Å²) >= 11 is 0. The minimum Gasteiger partial charge on any atom is -0.492 e. The second kappa shape index (κ2) is 12.0. The standard InChI is InChI=1S/C25H33N3O4S.C2HF3O2/c1-19(2)24(29)28-14-12-25(13-15-28)17-26(3)33(30,31)23-16-21(10-11-22(23)32-18-25)27(4)20-8-6-5-7-9-20;3-2(4,5)1(6)7/h5-11,16,19H,12-15,17-18H2,1-4H3;(H,6,7). The number of carbonyl (C=O) groups excluding carboxylic acids is 1. The van der Waals surface area contributed by atoms with Crippen LogP contribution < -0.4 is 9.64 Å². The van der Waals surface area contributed by atoms with Gasteiger partial charge in [-0.2, -0.15) is 13.2 Å². The van der Waals surface area contributed by atoms with Gasteiger partial charge in [0, 0.05) is 56.4 Å². The Morgan fingerprint density at radius 3 is 2.15 bits per heavy atom. The lowest BCUT2D eigenvalue weighted by molar-refractivity contribution is -0.192. The molecule has 0 atom stereocenters. The first-order valence-electron chi connectivity index (χ1n) is 12.7. The van der Waals surface area contributed by atoms with Crippen molar-refractivity contribution in [2.45, 2.75) is 37.8 Å². The van der Waals surface area contributed by atoms with Gasteiger partial charge < -0.3 is 19.6 Å². The number of carboxylic acid groups (broad SMARTS) is 1. The molecule has 1 N–H and O–H groups in total. The summed E-state index contributed by atoms with van der Waals surface area (Å²) in [5.41, 5.74) is 1.43. The number of alkyl halides is 3. The number of ether oxygens (including phenoxy) is 1. The van der Waals surface area contributed by atoms with Gasteiger partial charge in [0.05, 0.1) is 6.61 Å². The van der Waals surface area contributed by atoms with Gasteiger partial charge in [-0.3, -0.25) is 4.79 Å². The number of likely N-dealkylation sites (tertiary alicyclic amines) is 1. The van der Waals surface area contributed by atoms with E-state index in [2.05, 4.69) is 0 Å². The van der Waals surface area contributed by atoms with Gasteiger partial charge in [0.25, 0.3) is 0 Å². The molecule has 2 heterocycles. The number of rotatable bonds is 3. The van der Waals surface area contributed by atoms with Crippen LogP contribution in [-0.4, -0.2) is 81.1 Å². The molecule has 2 aliphatic heterocycles. The van der Waals surface area contributed by atoms with Gasteiger partial charge in [0.15, 0.2) is 0 Å². The maximum atomic E-state index is 13.5. The highest BCUT2D eigenvalue weighted by Gasteiger charge is 2.43. The SMILES string of the molecule is CC(C)C(=O)N1CCC2(CC1)COc1ccc(N(C)c3ccccc3)cc1S(=O)(=O)N(C)C2.O=C(O)C(F)(F)F. The maximum absolute atomic E-state index is 13.5. The first-order chi connectivity index (χ1) is 18.6. The van der Waals surface area contributed by atoms with Crippen LogP contribution in [0.5, 0.6) is 5.75 Å². The van der Waals surface area contributed by atoms with Crippen molar-refractivity contribution in [3.05, 3.63) is 48.5 Å². The summed E-state index contributed by atoms with van der Waals surface area (Å²) in [5, 5.41) is 7.12. The van der Waals surface area contributed by atoms with Gasteiger partial charge in [0.1, 0.15) is 10.6 Å². The number of halogens is 3. The van der Waals surface area contributed by atoms with E-state index in [9.17, 15) is 26.4 Å². The molecule has 2 aromatic rings. The Morgan fingerprint density at radius 2 is 1.62 bits per heavy atom. The molecule has 2 aliphatic rings. The molecule has 1 saturated heterocycles. The summed E-state index contributed by atoms with van der Waals surface area (Å²) < 4.78 is 66.4. The van der Waals surface area contributed by atoms with E-state index in [-0.39, 0.29) is 22.1 Å². The van der Waals surface area contributed by atoms with Crippen molar-refractivity contribution in [1.29, 1.82) is 0 Å². The molecular formula is C27H34F3N3O6S. The third kappa shape index (κ3) is 7.05. The molecule has 0 saturated carbocycles. The van der Waals surface area contributed by atoms with Crippen LogP contribution in [0, 0.1) is 11.3 Å². The number of piperidine rings is 1. The summed E-state index contributed by atoms with van der Waals surface area (Å²) in [5.74, 6) is -2.26. The van der Waals surface area contributed by atoms with E-state index < -0.39 is 22.2 Å². The summed E-state index contributed by atoms with van der Waals surface area (Å²) in [6.45, 7) is 5.87. The normalized spacial score (nSPS) is 18.4. The monoisotopic (exact) mass is 585 g/mol. The summed E-state index contributed by atoms with van der Waals surface area (Å²) in [4.78, 5) is 25.3. The Morgan fingerprint density at radius 1 is 1.05 bits per heavy atom. The highest BCUT2D eigenvalue weighted by Crippen LogP contribution is 2.40. The van der Waals surface area contributed by atoms with Crippen LogP contribution in [0.1, 0.15) is 26.7 Å². The molecule has 0 unspecified atom stereocenters. The number of amides is 1. The molecule has 1 amide bonds. The van der Waals surface area contributed by atoms with E-state index in [1.54, 1.807) is 19.2 Å². The number of aliphatic carboxylic acids is 1. The molecule has 0 bridgehead atoms.